The fourth-order valence-electron chi connectivity index (χ4n) is 1.85. The lowest BCUT2D eigenvalue weighted by Crippen LogP contribution is -2.01. The van der Waals surface area contributed by atoms with Crippen molar-refractivity contribution >= 4 is 21.6 Å². The normalized spacial score (nSPS) is 10.2. The Kier molecular flexibility index (Phi) is 4.84. The summed E-state index contributed by atoms with van der Waals surface area (Å²) in [6.07, 6.45) is 1.82. The molecule has 1 N–H and O–H groups in total. The van der Waals surface area contributed by atoms with E-state index < -0.39 is 0 Å². The van der Waals surface area contributed by atoms with Crippen molar-refractivity contribution < 1.29 is 9.47 Å². The van der Waals surface area contributed by atoms with Crippen LogP contribution in [0.3, 0.4) is 0 Å². The van der Waals surface area contributed by atoms with Crippen molar-refractivity contribution in [3.63, 3.8) is 0 Å². The molecule has 0 atom stereocenters. The molecule has 0 fully saturated rings. The molecular weight excluding hydrogens is 320 g/mol. The molecule has 0 aliphatic heterocycles. The Morgan fingerprint density at radius 1 is 1.20 bits per heavy atom. The van der Waals surface area contributed by atoms with E-state index >= 15 is 0 Å². The first-order chi connectivity index (χ1) is 9.63. The van der Waals surface area contributed by atoms with Crippen LogP contribution in [0.5, 0.6) is 11.5 Å². The molecule has 1 heterocycles. The van der Waals surface area contributed by atoms with Gasteiger partial charge in [0.15, 0.2) is 11.5 Å². The Labute approximate surface area is 127 Å². The fraction of sp³-hybridized carbons (Fsp3) is 0.267. The van der Waals surface area contributed by atoms with Crippen LogP contribution in [0.25, 0.3) is 0 Å². The molecule has 0 aliphatic carbocycles. The zero-order valence-electron chi connectivity index (χ0n) is 11.7. The van der Waals surface area contributed by atoms with Crippen molar-refractivity contribution in [2.45, 2.75) is 13.5 Å². The number of anilines is 1. The van der Waals surface area contributed by atoms with Crippen LogP contribution in [0.2, 0.25) is 0 Å². The van der Waals surface area contributed by atoms with E-state index in [4.69, 9.17) is 9.47 Å². The van der Waals surface area contributed by atoms with Crippen molar-refractivity contribution in [1.82, 2.24) is 4.98 Å². The lowest BCUT2D eigenvalue weighted by atomic mass is 10.2. The number of pyridine rings is 1. The lowest BCUT2D eigenvalue weighted by molar-refractivity contribution is 0.352. The Morgan fingerprint density at radius 2 is 2.00 bits per heavy atom. The molecular formula is C15H17BrN2O2. The average molecular weight is 337 g/mol. The third-order valence-corrected chi connectivity index (χ3v) is 3.49. The highest BCUT2D eigenvalue weighted by atomic mass is 79.9. The standard InChI is InChI=1S/C15H17BrN2O2/c1-10-4-5-12(9-17-10)18-8-11-6-13(16)15(20-3)14(7-11)19-2/h4-7,9,18H,8H2,1-3H3. The number of benzene rings is 1. The molecule has 0 saturated heterocycles. The molecule has 0 spiro atoms. The second kappa shape index (κ2) is 6.61. The van der Waals surface area contributed by atoms with Crippen LogP contribution >= 0.6 is 15.9 Å². The van der Waals surface area contributed by atoms with E-state index in [1.807, 2.05) is 37.4 Å². The molecule has 5 heteroatoms. The Hall–Kier alpha value is -1.75. The molecule has 0 unspecified atom stereocenters. The average Bonchev–Trinajstić information content (AvgIpc) is 2.46. The quantitative estimate of drug-likeness (QED) is 0.902. The van der Waals surface area contributed by atoms with E-state index in [0.717, 1.165) is 21.4 Å². The molecule has 106 valence electrons. The summed E-state index contributed by atoms with van der Waals surface area (Å²) in [6, 6.07) is 7.96. The minimum absolute atomic E-state index is 0.684. The van der Waals surface area contributed by atoms with Crippen LogP contribution in [-0.4, -0.2) is 19.2 Å². The van der Waals surface area contributed by atoms with Crippen molar-refractivity contribution in [3.8, 4) is 11.5 Å². The highest BCUT2D eigenvalue weighted by Crippen LogP contribution is 2.36. The van der Waals surface area contributed by atoms with Gasteiger partial charge in [-0.15, -0.1) is 0 Å². The fourth-order valence-corrected chi connectivity index (χ4v) is 2.50. The van der Waals surface area contributed by atoms with Crippen LogP contribution in [0.4, 0.5) is 5.69 Å². The minimum atomic E-state index is 0.684. The largest absolute Gasteiger partial charge is 0.493 e. The topological polar surface area (TPSA) is 43.4 Å². The number of aryl methyl sites for hydroxylation is 1. The van der Waals surface area contributed by atoms with Gasteiger partial charge in [-0.25, -0.2) is 0 Å². The molecule has 1 aromatic heterocycles. The number of aromatic nitrogens is 1. The monoisotopic (exact) mass is 336 g/mol. The number of hydrogen-bond donors (Lipinski definition) is 1. The third kappa shape index (κ3) is 3.42. The van der Waals surface area contributed by atoms with Crippen LogP contribution in [0, 0.1) is 6.92 Å². The number of methoxy groups -OCH3 is 2. The third-order valence-electron chi connectivity index (χ3n) is 2.90. The van der Waals surface area contributed by atoms with Gasteiger partial charge in [0.05, 0.1) is 30.6 Å². The summed E-state index contributed by atoms with van der Waals surface area (Å²) in [7, 11) is 3.25. The molecule has 0 radical (unpaired) electrons. The van der Waals surface area contributed by atoms with Crippen LogP contribution in [-0.2, 0) is 6.54 Å². The van der Waals surface area contributed by atoms with Crippen molar-refractivity contribution in [1.29, 1.82) is 0 Å². The Bertz CT molecular complexity index is 585. The predicted molar refractivity (Wildman–Crippen MR) is 83.5 cm³/mol. The second-order valence-electron chi connectivity index (χ2n) is 4.35. The first-order valence-electron chi connectivity index (χ1n) is 6.21. The van der Waals surface area contributed by atoms with Gasteiger partial charge in [0.1, 0.15) is 0 Å². The highest BCUT2D eigenvalue weighted by molar-refractivity contribution is 9.10. The summed E-state index contributed by atoms with van der Waals surface area (Å²) in [5.41, 5.74) is 3.08. The van der Waals surface area contributed by atoms with Crippen LogP contribution < -0.4 is 14.8 Å². The maximum absolute atomic E-state index is 5.33. The number of halogens is 1. The molecule has 2 rings (SSSR count). The van der Waals surface area contributed by atoms with Gasteiger partial charge in [-0.2, -0.15) is 0 Å². The number of nitrogens with zero attached hydrogens (tertiary/aromatic N) is 1. The van der Waals surface area contributed by atoms with Gasteiger partial charge in [0.25, 0.3) is 0 Å². The molecule has 2 aromatic rings. The Morgan fingerprint density at radius 3 is 2.60 bits per heavy atom. The summed E-state index contributed by atoms with van der Waals surface area (Å²) in [5.74, 6) is 1.41. The highest BCUT2D eigenvalue weighted by Gasteiger charge is 2.10. The van der Waals surface area contributed by atoms with Gasteiger partial charge < -0.3 is 14.8 Å². The van der Waals surface area contributed by atoms with Gasteiger partial charge >= 0.3 is 0 Å². The molecule has 0 amide bonds. The molecule has 20 heavy (non-hydrogen) atoms. The summed E-state index contributed by atoms with van der Waals surface area (Å²) in [4.78, 5) is 4.25. The smallest absolute Gasteiger partial charge is 0.174 e. The predicted octanol–water partition coefficient (Wildman–Crippen LogP) is 3.78. The number of ether oxygens (including phenoxy) is 2. The summed E-state index contributed by atoms with van der Waals surface area (Å²) in [5, 5.41) is 3.32. The second-order valence-corrected chi connectivity index (χ2v) is 5.21. The lowest BCUT2D eigenvalue weighted by Gasteiger charge is -2.13. The van der Waals surface area contributed by atoms with Gasteiger partial charge in [-0.3, -0.25) is 4.98 Å². The summed E-state index contributed by atoms with van der Waals surface area (Å²) < 4.78 is 11.5. The molecule has 0 aliphatic rings. The van der Waals surface area contributed by atoms with E-state index in [1.54, 1.807) is 14.2 Å². The molecule has 0 bridgehead atoms. The maximum Gasteiger partial charge on any atom is 0.174 e. The number of nitrogens with one attached hydrogen (secondary N) is 1. The van der Waals surface area contributed by atoms with E-state index in [1.165, 1.54) is 0 Å². The van der Waals surface area contributed by atoms with Crippen LogP contribution in [0.1, 0.15) is 11.3 Å². The van der Waals surface area contributed by atoms with Crippen molar-refractivity contribution in [2.24, 2.45) is 0 Å². The van der Waals surface area contributed by atoms with Crippen molar-refractivity contribution in [3.05, 3.63) is 46.2 Å². The van der Waals surface area contributed by atoms with E-state index in [-0.39, 0.29) is 0 Å². The van der Waals surface area contributed by atoms with Gasteiger partial charge in [-0.05, 0) is 52.7 Å². The first-order valence-corrected chi connectivity index (χ1v) is 7.00. The van der Waals surface area contributed by atoms with E-state index in [0.29, 0.717) is 18.0 Å². The summed E-state index contributed by atoms with van der Waals surface area (Å²) >= 11 is 3.49. The van der Waals surface area contributed by atoms with Gasteiger partial charge in [0.2, 0.25) is 0 Å². The number of hydrogen-bond acceptors (Lipinski definition) is 4. The maximum atomic E-state index is 5.33. The van der Waals surface area contributed by atoms with Crippen molar-refractivity contribution in [2.75, 3.05) is 19.5 Å². The molecule has 0 saturated carbocycles. The van der Waals surface area contributed by atoms with Gasteiger partial charge in [0, 0.05) is 12.2 Å². The van der Waals surface area contributed by atoms with Crippen LogP contribution in [0.15, 0.2) is 34.9 Å². The molecule has 4 nitrogen and oxygen atoms in total. The number of rotatable bonds is 5. The molecule has 1 aromatic carbocycles. The summed E-state index contributed by atoms with van der Waals surface area (Å²) in [6.45, 7) is 2.65. The van der Waals surface area contributed by atoms with E-state index in [9.17, 15) is 0 Å². The Balaban J connectivity index is 2.13. The zero-order valence-corrected chi connectivity index (χ0v) is 13.3. The zero-order chi connectivity index (χ0) is 14.5. The minimum Gasteiger partial charge on any atom is -0.493 e. The van der Waals surface area contributed by atoms with Gasteiger partial charge in [-0.1, -0.05) is 0 Å². The SMILES string of the molecule is COc1cc(CNc2ccc(C)nc2)cc(Br)c1OC. The first kappa shape index (κ1) is 14.7. The van der Waals surface area contributed by atoms with E-state index in [2.05, 4.69) is 26.2 Å².